The van der Waals surface area contributed by atoms with Gasteiger partial charge < -0.3 is 18.6 Å². The highest BCUT2D eigenvalue weighted by Gasteiger charge is 2.33. The summed E-state index contributed by atoms with van der Waals surface area (Å²) in [6.07, 6.45) is 1.87. The number of para-hydroxylation sites is 1. The molecular formula is C21H22N4O4. The Labute approximate surface area is 167 Å². The fourth-order valence-electron chi connectivity index (χ4n) is 4.33. The molecule has 2 aromatic heterocycles. The van der Waals surface area contributed by atoms with Crippen molar-refractivity contribution in [2.24, 2.45) is 0 Å². The molecule has 5 rings (SSSR count). The van der Waals surface area contributed by atoms with Crippen LogP contribution < -0.4 is 5.63 Å². The number of aromatic nitrogens is 3. The first-order valence-electron chi connectivity index (χ1n) is 9.95. The number of carbonyl (C=O) groups is 1. The first kappa shape index (κ1) is 18.1. The molecule has 4 heterocycles. The Morgan fingerprint density at radius 3 is 2.79 bits per heavy atom. The quantitative estimate of drug-likeness (QED) is 0.621. The van der Waals surface area contributed by atoms with E-state index >= 15 is 0 Å². The van der Waals surface area contributed by atoms with Gasteiger partial charge in [0.25, 0.3) is 5.91 Å². The van der Waals surface area contributed by atoms with Gasteiger partial charge in [0.15, 0.2) is 5.82 Å². The van der Waals surface area contributed by atoms with Gasteiger partial charge in [0.1, 0.15) is 17.0 Å². The molecule has 0 unspecified atom stereocenters. The lowest BCUT2D eigenvalue weighted by Crippen LogP contribution is -2.42. The third kappa shape index (κ3) is 3.13. The molecule has 0 spiro atoms. The topological polar surface area (TPSA) is 90.5 Å². The zero-order valence-corrected chi connectivity index (χ0v) is 16.2. The minimum absolute atomic E-state index is 0.0306. The highest BCUT2D eigenvalue weighted by Crippen LogP contribution is 2.31. The molecule has 0 aliphatic carbocycles. The molecule has 1 atom stereocenters. The molecule has 2 aliphatic rings. The lowest BCUT2D eigenvalue weighted by molar-refractivity contribution is 0.0665. The van der Waals surface area contributed by atoms with Crippen molar-refractivity contribution in [1.82, 2.24) is 19.7 Å². The number of amides is 1. The van der Waals surface area contributed by atoms with Crippen molar-refractivity contribution in [1.29, 1.82) is 0 Å². The van der Waals surface area contributed by atoms with Crippen molar-refractivity contribution >= 4 is 16.9 Å². The van der Waals surface area contributed by atoms with Crippen molar-refractivity contribution in [2.75, 3.05) is 19.8 Å². The van der Waals surface area contributed by atoms with Gasteiger partial charge in [-0.25, -0.2) is 4.79 Å². The number of hydrogen-bond acceptors (Lipinski definition) is 6. The van der Waals surface area contributed by atoms with Gasteiger partial charge in [0.05, 0.1) is 12.6 Å². The van der Waals surface area contributed by atoms with E-state index in [0.29, 0.717) is 24.6 Å². The summed E-state index contributed by atoms with van der Waals surface area (Å²) >= 11 is 0. The van der Waals surface area contributed by atoms with Crippen LogP contribution in [0.2, 0.25) is 0 Å². The minimum Gasteiger partial charge on any atom is -0.422 e. The van der Waals surface area contributed by atoms with E-state index in [1.54, 1.807) is 23.1 Å². The number of hydrogen-bond donors (Lipinski definition) is 0. The van der Waals surface area contributed by atoms with Crippen molar-refractivity contribution in [3.8, 4) is 0 Å². The van der Waals surface area contributed by atoms with Crippen LogP contribution in [-0.4, -0.2) is 45.3 Å². The summed E-state index contributed by atoms with van der Waals surface area (Å²) in [5.41, 5.74) is -0.0910. The van der Waals surface area contributed by atoms with Gasteiger partial charge in [0.2, 0.25) is 0 Å². The van der Waals surface area contributed by atoms with Crippen molar-refractivity contribution in [2.45, 2.75) is 38.3 Å². The van der Waals surface area contributed by atoms with Gasteiger partial charge in [-0.15, -0.1) is 10.2 Å². The van der Waals surface area contributed by atoms with E-state index in [1.807, 2.05) is 12.1 Å². The molecule has 1 saturated heterocycles. The molecule has 8 nitrogen and oxygen atoms in total. The summed E-state index contributed by atoms with van der Waals surface area (Å²) in [4.78, 5) is 27.2. The normalized spacial score (nSPS) is 20.0. The average molecular weight is 394 g/mol. The third-order valence-corrected chi connectivity index (χ3v) is 5.80. The fraction of sp³-hybridized carbons (Fsp3) is 0.429. The van der Waals surface area contributed by atoms with Gasteiger partial charge in [-0.3, -0.25) is 4.79 Å². The fourth-order valence-corrected chi connectivity index (χ4v) is 4.33. The van der Waals surface area contributed by atoms with Gasteiger partial charge >= 0.3 is 5.63 Å². The van der Waals surface area contributed by atoms with Crippen LogP contribution in [0.25, 0.3) is 11.0 Å². The molecule has 150 valence electrons. The van der Waals surface area contributed by atoms with Gasteiger partial charge in [-0.1, -0.05) is 18.2 Å². The standard InChI is InChI=1S/C21H22N4O4/c1-13-11-24(12-18-22-23-19(25(13)18)14-6-8-28-9-7-14)20(26)16-10-15-4-2-3-5-17(15)29-21(16)27/h2-5,10,13-14H,6-9,11-12H2,1H3/t13-/m0/s1. The Balaban J connectivity index is 1.44. The van der Waals surface area contributed by atoms with Crippen LogP contribution in [-0.2, 0) is 11.3 Å². The Kier molecular flexibility index (Phi) is 4.43. The second kappa shape index (κ2) is 7.11. The van der Waals surface area contributed by atoms with Crippen molar-refractivity contribution < 1.29 is 13.9 Å². The molecule has 0 saturated carbocycles. The van der Waals surface area contributed by atoms with Crippen molar-refractivity contribution in [3.05, 3.63) is 58.0 Å². The van der Waals surface area contributed by atoms with E-state index < -0.39 is 5.63 Å². The van der Waals surface area contributed by atoms with Crippen LogP contribution in [0.5, 0.6) is 0 Å². The first-order chi connectivity index (χ1) is 14.1. The predicted octanol–water partition coefficient (Wildman–Crippen LogP) is 2.50. The third-order valence-electron chi connectivity index (χ3n) is 5.80. The van der Waals surface area contributed by atoms with Crippen LogP contribution in [0.1, 0.15) is 53.7 Å². The second-order valence-corrected chi connectivity index (χ2v) is 7.75. The van der Waals surface area contributed by atoms with E-state index in [-0.39, 0.29) is 17.5 Å². The molecule has 1 aromatic carbocycles. The molecule has 0 bridgehead atoms. The molecule has 1 amide bonds. The zero-order chi connectivity index (χ0) is 20.0. The molecular weight excluding hydrogens is 372 g/mol. The number of benzene rings is 1. The van der Waals surface area contributed by atoms with Gasteiger partial charge in [-0.2, -0.15) is 0 Å². The molecule has 3 aromatic rings. The average Bonchev–Trinajstić information content (AvgIpc) is 3.18. The second-order valence-electron chi connectivity index (χ2n) is 7.75. The lowest BCUT2D eigenvalue weighted by atomic mass is 9.98. The van der Waals surface area contributed by atoms with Gasteiger partial charge in [0, 0.05) is 31.1 Å². The van der Waals surface area contributed by atoms with Gasteiger partial charge in [-0.05, 0) is 31.9 Å². The lowest BCUT2D eigenvalue weighted by Gasteiger charge is -2.33. The number of ether oxygens (including phenoxy) is 1. The number of fused-ring (bicyclic) bond motifs is 2. The SMILES string of the molecule is C[C@H]1CN(C(=O)c2cc3ccccc3oc2=O)Cc2nnc(C3CCOCC3)n21. The minimum atomic E-state index is -0.615. The summed E-state index contributed by atoms with van der Waals surface area (Å²) in [6, 6.07) is 8.82. The molecule has 0 N–H and O–H groups in total. The Morgan fingerprint density at radius 1 is 1.17 bits per heavy atom. The van der Waals surface area contributed by atoms with E-state index in [1.165, 1.54) is 0 Å². The predicted molar refractivity (Wildman–Crippen MR) is 105 cm³/mol. The summed E-state index contributed by atoms with van der Waals surface area (Å²) in [5.74, 6) is 1.73. The molecule has 1 fully saturated rings. The number of nitrogens with zero attached hydrogens (tertiary/aromatic N) is 4. The van der Waals surface area contributed by atoms with Crippen LogP contribution >= 0.6 is 0 Å². The first-order valence-corrected chi connectivity index (χ1v) is 9.95. The maximum absolute atomic E-state index is 13.1. The largest absolute Gasteiger partial charge is 0.422 e. The highest BCUT2D eigenvalue weighted by molar-refractivity contribution is 5.96. The smallest absolute Gasteiger partial charge is 0.349 e. The summed E-state index contributed by atoms with van der Waals surface area (Å²) < 4.78 is 13.0. The zero-order valence-electron chi connectivity index (χ0n) is 16.2. The Bertz CT molecular complexity index is 1130. The van der Waals surface area contributed by atoms with E-state index in [4.69, 9.17) is 9.15 Å². The summed E-state index contributed by atoms with van der Waals surface area (Å²) in [6.45, 7) is 4.35. The van der Waals surface area contributed by atoms with E-state index in [9.17, 15) is 9.59 Å². The number of carbonyl (C=O) groups excluding carboxylic acids is 1. The van der Waals surface area contributed by atoms with E-state index in [2.05, 4.69) is 21.7 Å². The molecule has 0 radical (unpaired) electrons. The summed E-state index contributed by atoms with van der Waals surface area (Å²) in [5, 5.41) is 9.52. The highest BCUT2D eigenvalue weighted by atomic mass is 16.5. The van der Waals surface area contributed by atoms with E-state index in [0.717, 1.165) is 43.1 Å². The van der Waals surface area contributed by atoms with Crippen LogP contribution in [0.15, 0.2) is 39.5 Å². The number of rotatable bonds is 2. The Hall–Kier alpha value is -3.00. The molecule has 2 aliphatic heterocycles. The Morgan fingerprint density at radius 2 is 1.97 bits per heavy atom. The maximum Gasteiger partial charge on any atom is 0.349 e. The molecule has 29 heavy (non-hydrogen) atoms. The van der Waals surface area contributed by atoms with Crippen LogP contribution in [0, 0.1) is 0 Å². The monoisotopic (exact) mass is 394 g/mol. The summed E-state index contributed by atoms with van der Waals surface area (Å²) in [7, 11) is 0. The van der Waals surface area contributed by atoms with Crippen LogP contribution in [0.4, 0.5) is 0 Å². The molecule has 8 heteroatoms. The maximum atomic E-state index is 13.1. The van der Waals surface area contributed by atoms with Crippen LogP contribution in [0.3, 0.4) is 0 Å². The van der Waals surface area contributed by atoms with Crippen molar-refractivity contribution in [3.63, 3.8) is 0 Å².